The summed E-state index contributed by atoms with van der Waals surface area (Å²) in [6.07, 6.45) is 1.57. The molecule has 1 fully saturated rings. The Balaban J connectivity index is 2.56. The molecule has 1 saturated heterocycles. The summed E-state index contributed by atoms with van der Waals surface area (Å²) in [4.78, 5) is 14.1. The van der Waals surface area contributed by atoms with E-state index in [2.05, 4.69) is 5.16 Å². The molecule has 0 spiro atoms. The third-order valence-electron chi connectivity index (χ3n) is 3.38. The van der Waals surface area contributed by atoms with Crippen LogP contribution < -0.4 is 5.73 Å². The van der Waals surface area contributed by atoms with Crippen molar-refractivity contribution < 1.29 is 14.7 Å². The molecule has 1 aliphatic heterocycles. The highest BCUT2D eigenvalue weighted by atomic mass is 16.5. The number of carbonyl (C=O) groups is 1. The van der Waals surface area contributed by atoms with E-state index in [1.165, 1.54) is 0 Å². The Morgan fingerprint density at radius 3 is 2.67 bits per heavy atom. The van der Waals surface area contributed by atoms with Crippen molar-refractivity contribution in [2.75, 3.05) is 26.3 Å². The number of nitrogens with two attached hydrogens (primary N) is 1. The van der Waals surface area contributed by atoms with Gasteiger partial charge < -0.3 is 20.6 Å². The van der Waals surface area contributed by atoms with E-state index in [1.807, 2.05) is 13.8 Å². The molecule has 0 saturated carbocycles. The molecule has 3 N–H and O–H groups in total. The molecule has 1 unspecified atom stereocenters. The minimum Gasteiger partial charge on any atom is -0.409 e. The molecule has 6 heteroatoms. The number of amidine groups is 1. The second kappa shape index (κ2) is 7.20. The van der Waals surface area contributed by atoms with Crippen LogP contribution >= 0.6 is 0 Å². The third-order valence-corrected chi connectivity index (χ3v) is 3.38. The van der Waals surface area contributed by atoms with Gasteiger partial charge in [0, 0.05) is 38.1 Å². The Hall–Kier alpha value is -1.30. The summed E-state index contributed by atoms with van der Waals surface area (Å²) in [6, 6.07) is 0. The second-order valence-corrected chi connectivity index (χ2v) is 4.69. The van der Waals surface area contributed by atoms with Crippen molar-refractivity contribution in [1.82, 2.24) is 4.90 Å². The van der Waals surface area contributed by atoms with Crippen molar-refractivity contribution in [3.8, 4) is 0 Å². The maximum absolute atomic E-state index is 12.3. The fourth-order valence-electron chi connectivity index (χ4n) is 2.10. The van der Waals surface area contributed by atoms with Gasteiger partial charge in [-0.3, -0.25) is 4.79 Å². The molecule has 1 rings (SSSR count). The summed E-state index contributed by atoms with van der Waals surface area (Å²) in [6.45, 7) is 6.22. The lowest BCUT2D eigenvalue weighted by atomic mass is 9.98. The molecule has 0 aromatic heterocycles. The lowest BCUT2D eigenvalue weighted by molar-refractivity contribution is -0.138. The van der Waals surface area contributed by atoms with Gasteiger partial charge >= 0.3 is 0 Å². The van der Waals surface area contributed by atoms with Crippen LogP contribution in [0.1, 0.15) is 26.7 Å². The molecular formula is C12H23N3O3. The molecule has 104 valence electrons. The maximum Gasteiger partial charge on any atom is 0.225 e. The molecule has 1 aliphatic rings. The Kier molecular flexibility index (Phi) is 5.91. The van der Waals surface area contributed by atoms with Crippen LogP contribution in [0.2, 0.25) is 0 Å². The number of rotatable bonds is 5. The van der Waals surface area contributed by atoms with Crippen LogP contribution in [-0.4, -0.2) is 48.2 Å². The summed E-state index contributed by atoms with van der Waals surface area (Å²) < 4.78 is 5.26. The number of hydrogen-bond donors (Lipinski definition) is 2. The summed E-state index contributed by atoms with van der Waals surface area (Å²) >= 11 is 0. The molecule has 0 bridgehead atoms. The summed E-state index contributed by atoms with van der Waals surface area (Å²) in [5.74, 6) is 0.226. The number of hydrogen-bond acceptors (Lipinski definition) is 4. The van der Waals surface area contributed by atoms with E-state index in [9.17, 15) is 4.79 Å². The molecule has 0 radical (unpaired) electrons. The van der Waals surface area contributed by atoms with Crippen LogP contribution in [0.5, 0.6) is 0 Å². The standard InChI is InChI=1S/C12H23N3O3/c1-3-15(8-9(2)11(13)14-17)12(16)10-4-6-18-7-5-10/h9-10,17H,3-8H2,1-2H3,(H2,13,14). The van der Waals surface area contributed by atoms with E-state index in [0.717, 1.165) is 12.8 Å². The van der Waals surface area contributed by atoms with Crippen molar-refractivity contribution in [2.24, 2.45) is 22.7 Å². The summed E-state index contributed by atoms with van der Waals surface area (Å²) in [5, 5.41) is 11.6. The highest BCUT2D eigenvalue weighted by Crippen LogP contribution is 2.18. The largest absolute Gasteiger partial charge is 0.409 e. The van der Waals surface area contributed by atoms with E-state index in [0.29, 0.717) is 26.3 Å². The van der Waals surface area contributed by atoms with E-state index in [-0.39, 0.29) is 23.6 Å². The SMILES string of the molecule is CCN(CC(C)C(N)=NO)C(=O)C1CCOCC1. The Bertz CT molecular complexity index is 301. The first-order valence-corrected chi connectivity index (χ1v) is 6.44. The predicted octanol–water partition coefficient (Wildman–Crippen LogP) is 0.644. The Labute approximate surface area is 108 Å². The Morgan fingerprint density at radius 2 is 2.17 bits per heavy atom. The van der Waals surface area contributed by atoms with E-state index >= 15 is 0 Å². The number of oxime groups is 1. The molecule has 1 heterocycles. The van der Waals surface area contributed by atoms with Gasteiger partial charge in [0.15, 0.2) is 0 Å². The average molecular weight is 257 g/mol. The van der Waals surface area contributed by atoms with Crippen molar-refractivity contribution in [2.45, 2.75) is 26.7 Å². The highest BCUT2D eigenvalue weighted by molar-refractivity contribution is 5.83. The third kappa shape index (κ3) is 3.87. The number of ether oxygens (including phenoxy) is 1. The second-order valence-electron chi connectivity index (χ2n) is 4.69. The summed E-state index contributed by atoms with van der Waals surface area (Å²) in [5.41, 5.74) is 5.54. The van der Waals surface area contributed by atoms with Crippen molar-refractivity contribution in [3.63, 3.8) is 0 Å². The van der Waals surface area contributed by atoms with Crippen molar-refractivity contribution >= 4 is 11.7 Å². The monoisotopic (exact) mass is 257 g/mol. The highest BCUT2D eigenvalue weighted by Gasteiger charge is 2.26. The Morgan fingerprint density at radius 1 is 1.56 bits per heavy atom. The fourth-order valence-corrected chi connectivity index (χ4v) is 2.10. The number of nitrogens with zero attached hydrogens (tertiary/aromatic N) is 2. The lowest BCUT2D eigenvalue weighted by Gasteiger charge is -2.30. The molecule has 0 aromatic rings. The van der Waals surface area contributed by atoms with Crippen LogP contribution in [0.4, 0.5) is 0 Å². The average Bonchev–Trinajstić information content (AvgIpc) is 2.43. The fraction of sp³-hybridized carbons (Fsp3) is 0.833. The molecule has 1 atom stereocenters. The molecular weight excluding hydrogens is 234 g/mol. The van der Waals surface area contributed by atoms with Gasteiger partial charge in [-0.1, -0.05) is 12.1 Å². The topological polar surface area (TPSA) is 88.1 Å². The normalized spacial score (nSPS) is 19.6. The molecule has 18 heavy (non-hydrogen) atoms. The van der Waals surface area contributed by atoms with Gasteiger partial charge in [0.25, 0.3) is 0 Å². The smallest absolute Gasteiger partial charge is 0.225 e. The van der Waals surface area contributed by atoms with E-state index < -0.39 is 0 Å². The van der Waals surface area contributed by atoms with Gasteiger partial charge in [0.2, 0.25) is 5.91 Å². The molecule has 1 amide bonds. The molecule has 0 aromatic carbocycles. The summed E-state index contributed by atoms with van der Waals surface area (Å²) in [7, 11) is 0. The quantitative estimate of drug-likeness (QED) is 0.327. The number of carbonyl (C=O) groups excluding carboxylic acids is 1. The molecule has 6 nitrogen and oxygen atoms in total. The first kappa shape index (κ1) is 14.8. The van der Waals surface area contributed by atoms with Crippen LogP contribution in [0.15, 0.2) is 5.16 Å². The lowest BCUT2D eigenvalue weighted by Crippen LogP contribution is -2.43. The van der Waals surface area contributed by atoms with Crippen LogP contribution in [0, 0.1) is 11.8 Å². The van der Waals surface area contributed by atoms with Gasteiger partial charge in [-0.15, -0.1) is 0 Å². The minimum absolute atomic E-state index is 0.0539. The zero-order chi connectivity index (χ0) is 13.5. The van der Waals surface area contributed by atoms with Crippen molar-refractivity contribution in [3.05, 3.63) is 0 Å². The van der Waals surface area contributed by atoms with Gasteiger partial charge in [-0.05, 0) is 19.8 Å². The van der Waals surface area contributed by atoms with Gasteiger partial charge in [0.1, 0.15) is 5.84 Å². The first-order valence-electron chi connectivity index (χ1n) is 6.44. The van der Waals surface area contributed by atoms with Gasteiger partial charge in [0.05, 0.1) is 0 Å². The predicted molar refractivity (Wildman–Crippen MR) is 68.4 cm³/mol. The zero-order valence-electron chi connectivity index (χ0n) is 11.1. The van der Waals surface area contributed by atoms with E-state index in [1.54, 1.807) is 4.90 Å². The van der Waals surface area contributed by atoms with Crippen LogP contribution in [0.3, 0.4) is 0 Å². The van der Waals surface area contributed by atoms with Gasteiger partial charge in [-0.25, -0.2) is 0 Å². The van der Waals surface area contributed by atoms with Crippen LogP contribution in [-0.2, 0) is 9.53 Å². The van der Waals surface area contributed by atoms with Crippen LogP contribution in [0.25, 0.3) is 0 Å². The maximum atomic E-state index is 12.3. The minimum atomic E-state index is -0.140. The van der Waals surface area contributed by atoms with E-state index in [4.69, 9.17) is 15.7 Å². The first-order chi connectivity index (χ1) is 8.60. The zero-order valence-corrected chi connectivity index (χ0v) is 11.1. The number of amides is 1. The van der Waals surface area contributed by atoms with Gasteiger partial charge in [-0.2, -0.15) is 0 Å². The molecule has 0 aliphatic carbocycles. The van der Waals surface area contributed by atoms with Crippen molar-refractivity contribution in [1.29, 1.82) is 0 Å².